The lowest BCUT2D eigenvalue weighted by molar-refractivity contribution is 0.0908. The molecule has 2 N–H and O–H groups in total. The van der Waals surface area contributed by atoms with Crippen LogP contribution >= 0.6 is 0 Å². The number of H-pyrrole nitrogens is 1. The lowest BCUT2D eigenvalue weighted by Gasteiger charge is -2.35. The van der Waals surface area contributed by atoms with Crippen molar-refractivity contribution in [2.45, 2.75) is 31.8 Å². The number of nitrogens with one attached hydrogen (secondary N) is 2. The number of rotatable bonds is 6. The van der Waals surface area contributed by atoms with Crippen LogP contribution in [0, 0.1) is 0 Å². The molecule has 1 atom stereocenters. The van der Waals surface area contributed by atoms with E-state index in [0.717, 1.165) is 30.8 Å². The van der Waals surface area contributed by atoms with E-state index in [-0.39, 0.29) is 5.91 Å². The molecule has 2 heterocycles. The molecule has 5 nitrogen and oxygen atoms in total. The van der Waals surface area contributed by atoms with E-state index in [4.69, 9.17) is 0 Å². The molecule has 0 bridgehead atoms. The van der Waals surface area contributed by atoms with E-state index in [0.29, 0.717) is 18.2 Å². The van der Waals surface area contributed by atoms with Gasteiger partial charge in [0.05, 0.1) is 17.5 Å². The lowest BCUT2D eigenvalue weighted by atomic mass is 10.0. The number of piperidine rings is 1. The summed E-state index contributed by atoms with van der Waals surface area (Å²) in [5, 5.41) is 10.2. The van der Waals surface area contributed by atoms with Crippen molar-refractivity contribution in [3.63, 3.8) is 0 Å². The molecule has 0 saturated carbocycles. The molecule has 28 heavy (non-hydrogen) atoms. The molecule has 2 aromatic carbocycles. The van der Waals surface area contributed by atoms with Gasteiger partial charge in [-0.05, 0) is 24.9 Å². The van der Waals surface area contributed by atoms with Gasteiger partial charge in [-0.25, -0.2) is 0 Å². The van der Waals surface area contributed by atoms with Crippen LogP contribution in [0.4, 0.5) is 0 Å². The van der Waals surface area contributed by atoms with Crippen LogP contribution in [0.25, 0.3) is 11.3 Å². The van der Waals surface area contributed by atoms with Gasteiger partial charge in [0, 0.05) is 24.7 Å². The molecule has 1 aromatic heterocycles. The second kappa shape index (κ2) is 8.85. The lowest BCUT2D eigenvalue weighted by Crippen LogP contribution is -2.46. The van der Waals surface area contributed by atoms with Gasteiger partial charge in [-0.1, -0.05) is 67.1 Å². The first-order valence-electron chi connectivity index (χ1n) is 9.96. The Morgan fingerprint density at radius 3 is 2.61 bits per heavy atom. The average Bonchev–Trinajstić information content (AvgIpc) is 3.24. The topological polar surface area (TPSA) is 61.0 Å². The SMILES string of the molecule is O=C(NCC1CCCCN1Cc1ccccc1)c1cn[nH]c1-c1ccccc1. The fourth-order valence-electron chi connectivity index (χ4n) is 3.91. The number of benzene rings is 2. The number of aromatic amines is 1. The van der Waals surface area contributed by atoms with E-state index in [9.17, 15) is 4.79 Å². The molecular formula is C23H26N4O. The van der Waals surface area contributed by atoms with Crippen molar-refractivity contribution in [2.75, 3.05) is 13.1 Å². The molecule has 4 rings (SSSR count). The van der Waals surface area contributed by atoms with E-state index in [1.807, 2.05) is 36.4 Å². The molecule has 1 aliphatic rings. The largest absolute Gasteiger partial charge is 0.350 e. The van der Waals surface area contributed by atoms with Gasteiger partial charge in [0.25, 0.3) is 5.91 Å². The molecular weight excluding hydrogens is 348 g/mol. The second-order valence-electron chi connectivity index (χ2n) is 7.34. The Bertz CT molecular complexity index is 891. The number of hydrogen-bond donors (Lipinski definition) is 2. The van der Waals surface area contributed by atoms with Crippen LogP contribution in [0.1, 0.15) is 35.2 Å². The average molecular weight is 374 g/mol. The molecule has 3 aromatic rings. The van der Waals surface area contributed by atoms with Gasteiger partial charge in [-0.2, -0.15) is 5.10 Å². The zero-order valence-electron chi connectivity index (χ0n) is 16.0. The first-order valence-corrected chi connectivity index (χ1v) is 9.96. The van der Waals surface area contributed by atoms with Crippen molar-refractivity contribution in [1.82, 2.24) is 20.4 Å². The molecule has 144 valence electrons. The maximum atomic E-state index is 12.8. The van der Waals surface area contributed by atoms with Gasteiger partial charge in [0.15, 0.2) is 0 Å². The summed E-state index contributed by atoms with van der Waals surface area (Å²) in [6, 6.07) is 20.8. The highest BCUT2D eigenvalue weighted by Crippen LogP contribution is 2.22. The van der Waals surface area contributed by atoms with Crippen molar-refractivity contribution < 1.29 is 4.79 Å². The minimum absolute atomic E-state index is 0.0714. The molecule has 1 amide bonds. The number of carbonyl (C=O) groups excluding carboxylic acids is 1. The maximum Gasteiger partial charge on any atom is 0.255 e. The monoisotopic (exact) mass is 374 g/mol. The minimum atomic E-state index is -0.0714. The molecule has 1 fully saturated rings. The quantitative estimate of drug-likeness (QED) is 0.689. The summed E-state index contributed by atoms with van der Waals surface area (Å²) in [6.07, 6.45) is 5.16. The van der Waals surface area contributed by atoms with Crippen LogP contribution in [0.3, 0.4) is 0 Å². The number of carbonyl (C=O) groups is 1. The van der Waals surface area contributed by atoms with Crippen LogP contribution in [0.2, 0.25) is 0 Å². The summed E-state index contributed by atoms with van der Waals surface area (Å²) >= 11 is 0. The summed E-state index contributed by atoms with van der Waals surface area (Å²) in [7, 11) is 0. The highest BCUT2D eigenvalue weighted by Gasteiger charge is 2.24. The predicted octanol–water partition coefficient (Wildman–Crippen LogP) is 3.86. The van der Waals surface area contributed by atoms with E-state index >= 15 is 0 Å². The van der Waals surface area contributed by atoms with Crippen LogP contribution in [-0.4, -0.2) is 40.1 Å². The third-order valence-electron chi connectivity index (χ3n) is 5.42. The molecule has 1 saturated heterocycles. The van der Waals surface area contributed by atoms with Crippen molar-refractivity contribution in [1.29, 1.82) is 0 Å². The Balaban J connectivity index is 1.41. The van der Waals surface area contributed by atoms with E-state index < -0.39 is 0 Å². The number of likely N-dealkylation sites (tertiary alicyclic amines) is 1. The molecule has 1 unspecified atom stereocenters. The van der Waals surface area contributed by atoms with Gasteiger partial charge in [0.2, 0.25) is 0 Å². The van der Waals surface area contributed by atoms with Crippen LogP contribution in [0.15, 0.2) is 66.9 Å². The number of nitrogens with zero attached hydrogens (tertiary/aromatic N) is 2. The molecule has 0 aliphatic carbocycles. The van der Waals surface area contributed by atoms with Crippen molar-refractivity contribution in [2.24, 2.45) is 0 Å². The molecule has 5 heteroatoms. The highest BCUT2D eigenvalue weighted by molar-refractivity contribution is 5.99. The van der Waals surface area contributed by atoms with Gasteiger partial charge < -0.3 is 5.32 Å². The minimum Gasteiger partial charge on any atom is -0.350 e. The second-order valence-corrected chi connectivity index (χ2v) is 7.34. The van der Waals surface area contributed by atoms with Gasteiger partial charge >= 0.3 is 0 Å². The number of aromatic nitrogens is 2. The third kappa shape index (κ3) is 4.31. The maximum absolute atomic E-state index is 12.8. The Kier molecular flexibility index (Phi) is 5.83. The summed E-state index contributed by atoms with van der Waals surface area (Å²) in [5.41, 5.74) is 3.65. The normalized spacial score (nSPS) is 17.4. The standard InChI is InChI=1S/C23H26N4O/c28-23(21-16-25-26-22(21)19-11-5-2-6-12-19)24-15-20-13-7-8-14-27(20)17-18-9-3-1-4-10-18/h1-6,9-12,16,20H,7-8,13-15,17H2,(H,24,28)(H,25,26). The Morgan fingerprint density at radius 2 is 1.82 bits per heavy atom. The number of hydrogen-bond acceptors (Lipinski definition) is 3. The predicted molar refractivity (Wildman–Crippen MR) is 111 cm³/mol. The van der Waals surface area contributed by atoms with Gasteiger partial charge in [-0.15, -0.1) is 0 Å². The first kappa shape index (κ1) is 18.4. The van der Waals surface area contributed by atoms with Gasteiger partial charge in [0.1, 0.15) is 0 Å². The van der Waals surface area contributed by atoms with Crippen molar-refractivity contribution >= 4 is 5.91 Å². The molecule has 1 aliphatic heterocycles. The Labute approximate surface area is 165 Å². The van der Waals surface area contributed by atoms with Gasteiger partial charge in [-0.3, -0.25) is 14.8 Å². The third-order valence-corrected chi connectivity index (χ3v) is 5.42. The zero-order chi connectivity index (χ0) is 19.2. The molecule has 0 radical (unpaired) electrons. The van der Waals surface area contributed by atoms with Crippen molar-refractivity contribution in [3.05, 3.63) is 78.0 Å². The van der Waals surface area contributed by atoms with Crippen molar-refractivity contribution in [3.8, 4) is 11.3 Å². The van der Waals surface area contributed by atoms with E-state index in [1.54, 1.807) is 6.20 Å². The molecule has 0 spiro atoms. The Morgan fingerprint density at radius 1 is 1.07 bits per heavy atom. The van der Waals surface area contributed by atoms with Crippen LogP contribution in [0.5, 0.6) is 0 Å². The number of amides is 1. The van der Waals surface area contributed by atoms with Crippen LogP contribution in [-0.2, 0) is 6.54 Å². The smallest absolute Gasteiger partial charge is 0.255 e. The zero-order valence-corrected chi connectivity index (χ0v) is 16.0. The Hall–Kier alpha value is -2.92. The summed E-state index contributed by atoms with van der Waals surface area (Å²) in [4.78, 5) is 15.3. The van der Waals surface area contributed by atoms with E-state index in [2.05, 4.69) is 44.7 Å². The first-order chi connectivity index (χ1) is 13.8. The van der Waals surface area contributed by atoms with E-state index in [1.165, 1.54) is 18.4 Å². The summed E-state index contributed by atoms with van der Waals surface area (Å²) < 4.78 is 0. The fraction of sp³-hybridized carbons (Fsp3) is 0.304. The highest BCUT2D eigenvalue weighted by atomic mass is 16.1. The summed E-state index contributed by atoms with van der Waals surface area (Å²) in [5.74, 6) is -0.0714. The van der Waals surface area contributed by atoms with Crippen LogP contribution < -0.4 is 5.32 Å². The fourth-order valence-corrected chi connectivity index (χ4v) is 3.91. The summed E-state index contributed by atoms with van der Waals surface area (Å²) in [6.45, 7) is 2.67.